The second-order valence-corrected chi connectivity index (χ2v) is 5.18. The van der Waals surface area contributed by atoms with E-state index in [1.54, 1.807) is 0 Å². The van der Waals surface area contributed by atoms with Crippen LogP contribution in [0.5, 0.6) is 0 Å². The molecule has 3 nitrogen and oxygen atoms in total. The Labute approximate surface area is 99.8 Å². The molecule has 1 aliphatic heterocycles. The van der Waals surface area contributed by atoms with Crippen LogP contribution in [0.15, 0.2) is 0 Å². The van der Waals surface area contributed by atoms with E-state index in [-0.39, 0.29) is 11.8 Å². The molecule has 0 unspecified atom stereocenters. The van der Waals surface area contributed by atoms with Gasteiger partial charge in [-0.05, 0) is 25.8 Å². The zero-order valence-electron chi connectivity index (χ0n) is 11.2. The molecular formula is C13H26N2O. The molecule has 0 N–H and O–H groups in total. The second kappa shape index (κ2) is 6.24. The molecule has 0 saturated carbocycles. The van der Waals surface area contributed by atoms with Gasteiger partial charge in [0.2, 0.25) is 5.91 Å². The van der Waals surface area contributed by atoms with E-state index in [0.717, 1.165) is 25.9 Å². The molecule has 0 bridgehead atoms. The molecule has 0 spiro atoms. The monoisotopic (exact) mass is 226 g/mol. The molecule has 16 heavy (non-hydrogen) atoms. The fourth-order valence-electron chi connectivity index (χ4n) is 2.43. The summed E-state index contributed by atoms with van der Waals surface area (Å²) in [5, 5.41) is 0. The third kappa shape index (κ3) is 3.48. The van der Waals surface area contributed by atoms with E-state index >= 15 is 0 Å². The summed E-state index contributed by atoms with van der Waals surface area (Å²) in [6.45, 7) is 9.67. The number of hydrogen-bond donors (Lipinski definition) is 0. The minimum atomic E-state index is 0.124. The maximum absolute atomic E-state index is 11.9. The van der Waals surface area contributed by atoms with Gasteiger partial charge in [0.25, 0.3) is 0 Å². The number of carbonyl (C=O) groups is 1. The lowest BCUT2D eigenvalue weighted by atomic mass is 10.0. The van der Waals surface area contributed by atoms with E-state index in [1.807, 2.05) is 25.8 Å². The molecule has 1 aliphatic rings. The highest BCUT2D eigenvalue weighted by atomic mass is 16.2. The third-order valence-corrected chi connectivity index (χ3v) is 3.49. The zero-order chi connectivity index (χ0) is 12.1. The van der Waals surface area contributed by atoms with Gasteiger partial charge in [-0.3, -0.25) is 4.79 Å². The van der Waals surface area contributed by atoms with Crippen molar-refractivity contribution in [3.63, 3.8) is 0 Å². The first-order valence-corrected chi connectivity index (χ1v) is 6.55. The average molecular weight is 226 g/mol. The van der Waals surface area contributed by atoms with Crippen LogP contribution in [0.1, 0.15) is 40.0 Å². The van der Waals surface area contributed by atoms with Crippen molar-refractivity contribution >= 4 is 5.91 Å². The van der Waals surface area contributed by atoms with Crippen LogP contribution >= 0.6 is 0 Å². The Balaban J connectivity index is 2.38. The summed E-state index contributed by atoms with van der Waals surface area (Å²) in [5.74, 6) is 0.410. The fourth-order valence-corrected chi connectivity index (χ4v) is 2.43. The fraction of sp³-hybridized carbons (Fsp3) is 0.923. The normalized spacial score (nSPS) is 19.1. The van der Waals surface area contributed by atoms with Gasteiger partial charge < -0.3 is 9.80 Å². The minimum Gasteiger partial charge on any atom is -0.342 e. The van der Waals surface area contributed by atoms with Crippen LogP contribution in [-0.2, 0) is 4.79 Å². The van der Waals surface area contributed by atoms with Gasteiger partial charge in [0.1, 0.15) is 0 Å². The predicted octanol–water partition coefficient (Wildman–Crippen LogP) is 1.98. The number of amides is 1. The summed E-state index contributed by atoms with van der Waals surface area (Å²) < 4.78 is 0. The molecule has 0 aliphatic carbocycles. The minimum absolute atomic E-state index is 0.124. The van der Waals surface area contributed by atoms with Crippen LogP contribution in [0, 0.1) is 5.92 Å². The number of rotatable bonds is 4. The highest BCUT2D eigenvalue weighted by Gasteiger charge is 2.25. The summed E-state index contributed by atoms with van der Waals surface area (Å²) in [7, 11) is 1.96. The van der Waals surface area contributed by atoms with Crippen molar-refractivity contribution in [1.29, 1.82) is 0 Å². The van der Waals surface area contributed by atoms with Gasteiger partial charge in [-0.1, -0.05) is 20.8 Å². The largest absolute Gasteiger partial charge is 0.342 e. The van der Waals surface area contributed by atoms with Gasteiger partial charge >= 0.3 is 0 Å². The van der Waals surface area contributed by atoms with Crippen molar-refractivity contribution in [3.05, 3.63) is 0 Å². The maximum atomic E-state index is 11.9. The van der Waals surface area contributed by atoms with Crippen molar-refractivity contribution in [3.8, 4) is 0 Å². The Morgan fingerprint density at radius 3 is 2.38 bits per heavy atom. The van der Waals surface area contributed by atoms with Crippen molar-refractivity contribution in [2.45, 2.75) is 46.1 Å². The van der Waals surface area contributed by atoms with Gasteiger partial charge in [0, 0.05) is 32.1 Å². The standard InChI is InChI=1S/C13H26N2O/c1-5-8-15-9-6-12(7-10-15)14(4)13(16)11(2)3/h11-12H,5-10H2,1-4H3. The highest BCUT2D eigenvalue weighted by Crippen LogP contribution is 2.17. The third-order valence-electron chi connectivity index (χ3n) is 3.49. The maximum Gasteiger partial charge on any atom is 0.225 e. The van der Waals surface area contributed by atoms with Crippen LogP contribution in [-0.4, -0.2) is 48.4 Å². The predicted molar refractivity (Wildman–Crippen MR) is 67.4 cm³/mol. The smallest absolute Gasteiger partial charge is 0.225 e. The summed E-state index contributed by atoms with van der Waals surface area (Å²) >= 11 is 0. The van der Waals surface area contributed by atoms with Crippen molar-refractivity contribution in [1.82, 2.24) is 9.80 Å². The van der Waals surface area contributed by atoms with Crippen LogP contribution in [0.4, 0.5) is 0 Å². The SMILES string of the molecule is CCCN1CCC(N(C)C(=O)C(C)C)CC1. The number of nitrogens with zero attached hydrogens (tertiary/aromatic N) is 2. The van der Waals surface area contributed by atoms with Gasteiger partial charge in [-0.25, -0.2) is 0 Å². The summed E-state index contributed by atoms with van der Waals surface area (Å²) in [6, 6.07) is 0.461. The van der Waals surface area contributed by atoms with E-state index in [4.69, 9.17) is 0 Å². The highest BCUT2D eigenvalue weighted by molar-refractivity contribution is 5.78. The molecule has 0 aromatic heterocycles. The average Bonchev–Trinajstić information content (AvgIpc) is 2.28. The molecule has 1 rings (SSSR count). The lowest BCUT2D eigenvalue weighted by molar-refractivity contribution is -0.136. The zero-order valence-corrected chi connectivity index (χ0v) is 11.2. The summed E-state index contributed by atoms with van der Waals surface area (Å²) in [5.41, 5.74) is 0. The summed E-state index contributed by atoms with van der Waals surface area (Å²) in [4.78, 5) is 16.3. The first kappa shape index (κ1) is 13.5. The van der Waals surface area contributed by atoms with E-state index in [2.05, 4.69) is 11.8 Å². The molecule has 3 heteroatoms. The Morgan fingerprint density at radius 1 is 1.38 bits per heavy atom. The molecule has 1 fully saturated rings. The molecular weight excluding hydrogens is 200 g/mol. The number of hydrogen-bond acceptors (Lipinski definition) is 2. The van der Waals surface area contributed by atoms with E-state index in [1.165, 1.54) is 13.0 Å². The van der Waals surface area contributed by atoms with Gasteiger partial charge in [0.15, 0.2) is 0 Å². The van der Waals surface area contributed by atoms with E-state index in [9.17, 15) is 4.79 Å². The Hall–Kier alpha value is -0.570. The van der Waals surface area contributed by atoms with Crippen LogP contribution in [0.3, 0.4) is 0 Å². The van der Waals surface area contributed by atoms with Crippen molar-refractivity contribution in [2.24, 2.45) is 5.92 Å². The number of likely N-dealkylation sites (tertiary alicyclic amines) is 1. The van der Waals surface area contributed by atoms with Crippen molar-refractivity contribution in [2.75, 3.05) is 26.7 Å². The topological polar surface area (TPSA) is 23.6 Å². The molecule has 1 heterocycles. The lowest BCUT2D eigenvalue weighted by Gasteiger charge is -2.37. The van der Waals surface area contributed by atoms with Gasteiger partial charge in [-0.15, -0.1) is 0 Å². The molecule has 0 atom stereocenters. The number of carbonyl (C=O) groups excluding carboxylic acids is 1. The van der Waals surface area contributed by atoms with Gasteiger partial charge in [-0.2, -0.15) is 0 Å². The Morgan fingerprint density at radius 2 is 1.94 bits per heavy atom. The first-order valence-electron chi connectivity index (χ1n) is 6.55. The van der Waals surface area contributed by atoms with E-state index in [0.29, 0.717) is 6.04 Å². The van der Waals surface area contributed by atoms with Crippen molar-refractivity contribution < 1.29 is 4.79 Å². The lowest BCUT2D eigenvalue weighted by Crippen LogP contribution is -2.46. The molecule has 1 amide bonds. The van der Waals surface area contributed by atoms with Gasteiger partial charge in [0.05, 0.1) is 0 Å². The second-order valence-electron chi connectivity index (χ2n) is 5.18. The quantitative estimate of drug-likeness (QED) is 0.732. The Bertz CT molecular complexity index is 220. The molecule has 1 saturated heterocycles. The number of piperidine rings is 1. The molecule has 94 valence electrons. The van der Waals surface area contributed by atoms with Crippen LogP contribution in [0.25, 0.3) is 0 Å². The molecule has 0 aromatic rings. The summed E-state index contributed by atoms with van der Waals surface area (Å²) in [6.07, 6.45) is 3.50. The van der Waals surface area contributed by atoms with Crippen LogP contribution in [0.2, 0.25) is 0 Å². The molecule has 0 radical (unpaired) electrons. The first-order chi connectivity index (χ1) is 7.56. The van der Waals surface area contributed by atoms with E-state index < -0.39 is 0 Å². The Kier molecular flexibility index (Phi) is 5.26. The van der Waals surface area contributed by atoms with Crippen LogP contribution < -0.4 is 0 Å². The molecule has 0 aromatic carbocycles.